The minimum absolute atomic E-state index is 0.0166. The van der Waals surface area contributed by atoms with Crippen LogP contribution in [-0.4, -0.2) is 86.3 Å². The number of hydrogen-bond donors (Lipinski definition) is 1. The Kier molecular flexibility index (Phi) is 17.5. The van der Waals surface area contributed by atoms with Crippen LogP contribution in [0, 0.1) is 11.3 Å². The van der Waals surface area contributed by atoms with Crippen molar-refractivity contribution < 1.29 is 37.2 Å². The van der Waals surface area contributed by atoms with Crippen molar-refractivity contribution in [1.82, 2.24) is 14.2 Å². The van der Waals surface area contributed by atoms with Crippen LogP contribution in [0.2, 0.25) is 18.1 Å². The van der Waals surface area contributed by atoms with Gasteiger partial charge in [-0.2, -0.15) is 10.2 Å². The number of nitrogens with zero attached hydrogens (tertiary/aromatic N) is 4. The quantitative estimate of drug-likeness (QED) is 0.0322. The molecule has 16 heteroatoms. The molecule has 1 unspecified atom stereocenters. The monoisotopic (exact) mass is 963 g/mol. The molecule has 0 bridgehead atoms. The number of rotatable bonds is 21. The Morgan fingerprint density at radius 2 is 1.38 bits per heavy atom. The van der Waals surface area contributed by atoms with Gasteiger partial charge in [0.2, 0.25) is 0 Å². The third-order valence-electron chi connectivity index (χ3n) is 12.4. The van der Waals surface area contributed by atoms with E-state index in [0.717, 1.165) is 16.7 Å². The molecule has 1 N–H and O–H groups in total. The number of nitriles is 1. The first-order chi connectivity index (χ1) is 32.4. The van der Waals surface area contributed by atoms with Crippen LogP contribution in [0.25, 0.3) is 0 Å². The molecule has 0 spiro atoms. The van der Waals surface area contributed by atoms with E-state index in [4.69, 9.17) is 32.4 Å². The van der Waals surface area contributed by atoms with Gasteiger partial charge in [0.05, 0.1) is 39.9 Å². The molecule has 1 aliphatic heterocycles. The first kappa shape index (κ1) is 52.1. The number of amides is 1. The van der Waals surface area contributed by atoms with Gasteiger partial charge in [0, 0.05) is 23.8 Å². The minimum atomic E-state index is -2.70. The number of nitrogens with one attached hydrogen (secondary N) is 1. The van der Waals surface area contributed by atoms with Crippen molar-refractivity contribution >= 4 is 28.6 Å². The smallest absolute Gasteiger partial charge is 0.351 e. The molecule has 4 aromatic carbocycles. The average molecular weight is 964 g/mol. The average Bonchev–Trinajstić information content (AvgIpc) is 3.64. The second-order valence-corrected chi connectivity index (χ2v) is 24.8. The standard InChI is InChI=1S/C52H66N5O9PSi/c1-36(2)57(37(3)4)67(63-34-18-32-53)65-46-44(35-62-52(39-21-16-13-17-22-39,40-23-27-42(60-8)28-24-40)41-25-29-43(61-9)30-26-41)64-49(47(46)66-68(10,11)51(5,6)7)56-33-31-45(55-50(56)59)54-48(58)38-19-14-12-15-20-38/h12-17,19-31,33,36-37,44,46-47,49H,18,34-35H2,1-11H3,(H,54,55,58,59)/t44-,46+,47-,49-,67?/m1/s1. The molecule has 0 saturated carbocycles. The highest BCUT2D eigenvalue weighted by Gasteiger charge is 2.54. The fourth-order valence-corrected chi connectivity index (χ4v) is 11.0. The predicted molar refractivity (Wildman–Crippen MR) is 267 cm³/mol. The molecule has 1 saturated heterocycles. The van der Waals surface area contributed by atoms with Crippen molar-refractivity contribution in [3.05, 3.63) is 154 Å². The number of hydrogen-bond acceptors (Lipinski definition) is 12. The summed E-state index contributed by atoms with van der Waals surface area (Å²) >= 11 is 0. The molecule has 6 rings (SSSR count). The van der Waals surface area contributed by atoms with E-state index in [1.807, 2.05) is 84.9 Å². The summed E-state index contributed by atoms with van der Waals surface area (Å²) in [5, 5.41) is 12.1. The van der Waals surface area contributed by atoms with Crippen LogP contribution in [0.15, 0.2) is 126 Å². The van der Waals surface area contributed by atoms with E-state index < -0.39 is 58.6 Å². The molecule has 0 aliphatic carbocycles. The molecule has 68 heavy (non-hydrogen) atoms. The molecule has 1 fully saturated rings. The van der Waals surface area contributed by atoms with Gasteiger partial charge in [0.25, 0.3) is 14.4 Å². The number of methoxy groups -OCH3 is 2. The summed E-state index contributed by atoms with van der Waals surface area (Å²) in [7, 11) is -1.30. The highest BCUT2D eigenvalue weighted by Crippen LogP contribution is 2.52. The Hall–Kier alpha value is -5.27. The highest BCUT2D eigenvalue weighted by molar-refractivity contribution is 7.44. The number of aromatic nitrogens is 2. The van der Waals surface area contributed by atoms with Gasteiger partial charge in [-0.3, -0.25) is 9.36 Å². The number of anilines is 1. The van der Waals surface area contributed by atoms with Gasteiger partial charge in [0.1, 0.15) is 41.2 Å². The minimum Gasteiger partial charge on any atom is -0.497 e. The van der Waals surface area contributed by atoms with E-state index in [0.29, 0.717) is 17.1 Å². The third-order valence-corrected chi connectivity index (χ3v) is 19.0. The summed E-state index contributed by atoms with van der Waals surface area (Å²) in [4.78, 5) is 31.8. The third kappa shape index (κ3) is 11.9. The maximum atomic E-state index is 14.4. The topological polar surface area (TPSA) is 156 Å². The SMILES string of the molecule is COc1ccc(C(OC[C@H]2O[C@@H](n3ccc(NC(=O)c4ccccc4)nc3=O)[C@H](O[Si](C)(C)C(C)(C)C)[C@H]2OP(OCCC#N)N(C(C)C)C(C)C)(c2ccccc2)c2ccc(OC)cc2)cc1. The van der Waals surface area contributed by atoms with E-state index >= 15 is 0 Å². The summed E-state index contributed by atoms with van der Waals surface area (Å²) in [6.07, 6.45) is -2.03. The zero-order valence-corrected chi connectivity index (χ0v) is 42.9. The second-order valence-electron chi connectivity index (χ2n) is 18.7. The summed E-state index contributed by atoms with van der Waals surface area (Å²) in [5.74, 6) is 1.04. The van der Waals surface area contributed by atoms with Gasteiger partial charge >= 0.3 is 5.69 Å². The van der Waals surface area contributed by atoms with Gasteiger partial charge in [-0.05, 0) is 105 Å². The van der Waals surface area contributed by atoms with Gasteiger partial charge in [-0.15, -0.1) is 0 Å². The van der Waals surface area contributed by atoms with Crippen molar-refractivity contribution in [2.24, 2.45) is 0 Å². The van der Waals surface area contributed by atoms with Crippen LogP contribution < -0.4 is 20.5 Å². The second kappa shape index (κ2) is 22.9. The lowest BCUT2D eigenvalue weighted by molar-refractivity contribution is -0.0943. The fourth-order valence-electron chi connectivity index (χ4n) is 7.97. The van der Waals surface area contributed by atoms with E-state index in [1.54, 1.807) is 50.7 Å². The number of carbonyl (C=O) groups excluding carboxylic acids is 1. The van der Waals surface area contributed by atoms with Crippen LogP contribution in [0.4, 0.5) is 5.82 Å². The maximum Gasteiger partial charge on any atom is 0.351 e. The maximum absolute atomic E-state index is 14.4. The molecule has 2 heterocycles. The molecule has 1 aromatic heterocycles. The van der Waals surface area contributed by atoms with Gasteiger partial charge < -0.3 is 37.7 Å². The van der Waals surface area contributed by atoms with E-state index in [9.17, 15) is 14.9 Å². The van der Waals surface area contributed by atoms with Crippen LogP contribution in [0.1, 0.15) is 88.2 Å². The Bertz CT molecular complexity index is 2440. The highest BCUT2D eigenvalue weighted by atomic mass is 31.2. The van der Waals surface area contributed by atoms with Crippen molar-refractivity contribution in [3.63, 3.8) is 0 Å². The van der Waals surface area contributed by atoms with Gasteiger partial charge in [-0.25, -0.2) is 9.46 Å². The Morgan fingerprint density at radius 3 is 1.88 bits per heavy atom. The first-order valence-corrected chi connectivity index (χ1v) is 27.0. The van der Waals surface area contributed by atoms with Gasteiger partial charge in [0.15, 0.2) is 14.5 Å². The summed E-state index contributed by atoms with van der Waals surface area (Å²) in [6, 6.07) is 38.0. The molecule has 1 aliphatic rings. The normalized spacial score (nSPS) is 18.1. The van der Waals surface area contributed by atoms with Crippen LogP contribution >= 0.6 is 8.53 Å². The predicted octanol–water partition coefficient (Wildman–Crippen LogP) is 10.5. The fraction of sp³-hybridized carbons (Fsp3) is 0.423. The van der Waals surface area contributed by atoms with Gasteiger partial charge in [-0.1, -0.05) is 93.6 Å². The molecule has 14 nitrogen and oxygen atoms in total. The molecule has 0 radical (unpaired) electrons. The Balaban J connectivity index is 1.53. The van der Waals surface area contributed by atoms with E-state index in [-0.39, 0.29) is 42.6 Å². The summed E-state index contributed by atoms with van der Waals surface area (Å²) < 4.78 is 50.6. The van der Waals surface area contributed by atoms with Crippen molar-refractivity contribution in [3.8, 4) is 17.6 Å². The van der Waals surface area contributed by atoms with Crippen molar-refractivity contribution in [2.75, 3.05) is 32.8 Å². The van der Waals surface area contributed by atoms with Crippen molar-refractivity contribution in [2.45, 2.75) is 115 Å². The molecular weight excluding hydrogens is 898 g/mol. The van der Waals surface area contributed by atoms with Crippen LogP contribution in [0.3, 0.4) is 0 Å². The Morgan fingerprint density at radius 1 is 0.838 bits per heavy atom. The molecular formula is C52H66N5O9PSi. The lowest BCUT2D eigenvalue weighted by Gasteiger charge is -2.42. The van der Waals surface area contributed by atoms with E-state index in [2.05, 4.69) is 82.6 Å². The molecule has 362 valence electrons. The number of benzene rings is 4. The molecule has 5 atom stereocenters. The largest absolute Gasteiger partial charge is 0.497 e. The number of ether oxygens (including phenoxy) is 4. The zero-order chi connectivity index (χ0) is 49.2. The Labute approximate surface area is 403 Å². The van der Waals surface area contributed by atoms with Crippen molar-refractivity contribution in [1.29, 1.82) is 5.26 Å². The lowest BCUT2D eigenvalue weighted by atomic mass is 9.80. The summed E-state index contributed by atoms with van der Waals surface area (Å²) in [5.41, 5.74) is 1.00. The zero-order valence-electron chi connectivity index (χ0n) is 41.0. The number of carbonyl (C=O) groups is 1. The first-order valence-electron chi connectivity index (χ1n) is 23.0. The molecule has 1 amide bonds. The van der Waals surface area contributed by atoms with Crippen LogP contribution in [-0.2, 0) is 28.5 Å². The summed E-state index contributed by atoms with van der Waals surface area (Å²) in [6.45, 7) is 19.1. The lowest BCUT2D eigenvalue weighted by Crippen LogP contribution is -2.50. The van der Waals surface area contributed by atoms with E-state index in [1.165, 1.54) is 4.57 Å². The molecule has 5 aromatic rings. The van der Waals surface area contributed by atoms with Crippen LogP contribution in [0.5, 0.6) is 11.5 Å².